The lowest BCUT2D eigenvalue weighted by atomic mass is 9.92. The molecule has 0 heterocycles. The van der Waals surface area contributed by atoms with Gasteiger partial charge < -0.3 is 16.6 Å². The lowest BCUT2D eigenvalue weighted by molar-refractivity contribution is -0.137. The lowest BCUT2D eigenvalue weighted by Gasteiger charge is -2.15. The van der Waals surface area contributed by atoms with E-state index in [-0.39, 0.29) is 18.9 Å². The fraction of sp³-hybridized carbons (Fsp3) is 0.176. The van der Waals surface area contributed by atoms with Gasteiger partial charge in [-0.25, -0.2) is 0 Å². The zero-order valence-corrected chi connectivity index (χ0v) is 13.1. The second-order valence-corrected chi connectivity index (χ2v) is 5.62. The Labute approximate surface area is 138 Å². The summed E-state index contributed by atoms with van der Waals surface area (Å²) in [5.41, 5.74) is 13.6. The molecule has 0 saturated carbocycles. The van der Waals surface area contributed by atoms with Gasteiger partial charge in [-0.15, -0.1) is 0 Å². The molecule has 0 bridgehead atoms. The van der Waals surface area contributed by atoms with Gasteiger partial charge in [-0.1, -0.05) is 29.8 Å². The highest BCUT2D eigenvalue weighted by atomic mass is 35.5. The molecular formula is C17H17ClN2O3. The summed E-state index contributed by atoms with van der Waals surface area (Å²) in [6, 6.07) is 12.1. The van der Waals surface area contributed by atoms with Gasteiger partial charge in [0.1, 0.15) is 0 Å². The molecule has 120 valence electrons. The Hall–Kier alpha value is -2.37. The fourth-order valence-electron chi connectivity index (χ4n) is 2.41. The minimum Gasteiger partial charge on any atom is -0.481 e. The summed E-state index contributed by atoms with van der Waals surface area (Å²) in [5.74, 6) is -1.74. The molecule has 0 aromatic heterocycles. The van der Waals surface area contributed by atoms with E-state index in [9.17, 15) is 9.59 Å². The van der Waals surface area contributed by atoms with Crippen molar-refractivity contribution in [2.75, 3.05) is 6.54 Å². The van der Waals surface area contributed by atoms with Crippen LogP contribution in [0.4, 0.5) is 0 Å². The zero-order valence-electron chi connectivity index (χ0n) is 12.3. The van der Waals surface area contributed by atoms with Crippen LogP contribution in [0.5, 0.6) is 0 Å². The van der Waals surface area contributed by atoms with E-state index in [4.69, 9.17) is 28.2 Å². The van der Waals surface area contributed by atoms with Crippen molar-refractivity contribution in [1.82, 2.24) is 0 Å². The highest BCUT2D eigenvalue weighted by molar-refractivity contribution is 6.33. The third-order valence-electron chi connectivity index (χ3n) is 3.63. The minimum atomic E-state index is -0.910. The Bertz CT molecular complexity index is 746. The molecule has 2 aromatic carbocycles. The monoisotopic (exact) mass is 332 g/mol. The molecule has 2 rings (SSSR count). The lowest BCUT2D eigenvalue weighted by Crippen LogP contribution is -2.16. The van der Waals surface area contributed by atoms with Gasteiger partial charge in [-0.2, -0.15) is 0 Å². The van der Waals surface area contributed by atoms with Crippen LogP contribution in [0.1, 0.15) is 28.3 Å². The van der Waals surface area contributed by atoms with Gasteiger partial charge in [0, 0.05) is 22.1 Å². The van der Waals surface area contributed by atoms with Gasteiger partial charge in [-0.05, 0) is 41.9 Å². The van der Waals surface area contributed by atoms with Gasteiger partial charge in [0.15, 0.2) is 0 Å². The van der Waals surface area contributed by atoms with Crippen LogP contribution in [0.2, 0.25) is 5.02 Å². The van der Waals surface area contributed by atoms with Crippen LogP contribution in [-0.2, 0) is 4.79 Å². The molecule has 0 fully saturated rings. The average molecular weight is 333 g/mol. The van der Waals surface area contributed by atoms with Crippen molar-refractivity contribution in [3.8, 4) is 11.1 Å². The summed E-state index contributed by atoms with van der Waals surface area (Å²) in [4.78, 5) is 22.3. The molecule has 0 aliphatic rings. The Morgan fingerprint density at radius 3 is 2.52 bits per heavy atom. The van der Waals surface area contributed by atoms with E-state index >= 15 is 0 Å². The number of benzene rings is 2. The minimum absolute atomic E-state index is 0.0566. The Morgan fingerprint density at radius 1 is 1.17 bits per heavy atom. The molecule has 23 heavy (non-hydrogen) atoms. The van der Waals surface area contributed by atoms with E-state index < -0.39 is 11.9 Å². The number of hydrogen-bond acceptors (Lipinski definition) is 3. The third kappa shape index (κ3) is 4.09. The predicted molar refractivity (Wildman–Crippen MR) is 89.5 cm³/mol. The quantitative estimate of drug-likeness (QED) is 0.755. The highest BCUT2D eigenvalue weighted by Gasteiger charge is 2.16. The van der Waals surface area contributed by atoms with Crippen molar-refractivity contribution in [2.24, 2.45) is 11.5 Å². The zero-order chi connectivity index (χ0) is 17.0. The van der Waals surface area contributed by atoms with E-state index in [0.29, 0.717) is 16.1 Å². The Balaban J connectivity index is 2.47. The third-order valence-corrected chi connectivity index (χ3v) is 3.96. The summed E-state index contributed by atoms with van der Waals surface area (Å²) in [7, 11) is 0. The first kappa shape index (κ1) is 17.0. The topological polar surface area (TPSA) is 106 Å². The molecule has 5 N–H and O–H groups in total. The van der Waals surface area contributed by atoms with Crippen molar-refractivity contribution in [1.29, 1.82) is 0 Å². The number of carbonyl (C=O) groups is 2. The predicted octanol–water partition coefficient (Wildman–Crippen LogP) is 2.62. The summed E-state index contributed by atoms with van der Waals surface area (Å²) in [6.45, 7) is 0.217. The molecular weight excluding hydrogens is 316 g/mol. The molecule has 2 aromatic rings. The van der Waals surface area contributed by atoms with Gasteiger partial charge in [0.05, 0.1) is 6.42 Å². The number of rotatable bonds is 6. The number of nitrogens with two attached hydrogens (primary N) is 2. The van der Waals surface area contributed by atoms with Crippen LogP contribution in [0, 0.1) is 0 Å². The van der Waals surface area contributed by atoms with E-state index in [0.717, 1.165) is 11.1 Å². The number of halogens is 1. The van der Waals surface area contributed by atoms with Crippen LogP contribution in [0.25, 0.3) is 11.1 Å². The van der Waals surface area contributed by atoms with Crippen molar-refractivity contribution in [3.63, 3.8) is 0 Å². The largest absolute Gasteiger partial charge is 0.481 e. The second kappa shape index (κ2) is 7.26. The molecule has 6 heteroatoms. The van der Waals surface area contributed by atoms with Crippen LogP contribution in [-0.4, -0.2) is 23.5 Å². The normalized spacial score (nSPS) is 11.9. The number of primary amides is 1. The number of aliphatic carboxylic acids is 1. The van der Waals surface area contributed by atoms with Crippen LogP contribution in [0.3, 0.4) is 0 Å². The molecule has 0 spiro atoms. The Kier molecular flexibility index (Phi) is 5.36. The van der Waals surface area contributed by atoms with Gasteiger partial charge in [0.2, 0.25) is 5.91 Å². The van der Waals surface area contributed by atoms with E-state index in [1.165, 1.54) is 0 Å². The van der Waals surface area contributed by atoms with Crippen molar-refractivity contribution < 1.29 is 14.7 Å². The molecule has 0 saturated heterocycles. The number of hydrogen-bond donors (Lipinski definition) is 3. The van der Waals surface area contributed by atoms with E-state index in [1.807, 2.05) is 12.1 Å². The van der Waals surface area contributed by atoms with E-state index in [2.05, 4.69) is 0 Å². The molecule has 1 atom stereocenters. The molecule has 5 nitrogen and oxygen atoms in total. The van der Waals surface area contributed by atoms with Crippen LogP contribution < -0.4 is 11.5 Å². The van der Waals surface area contributed by atoms with Crippen LogP contribution in [0.15, 0.2) is 42.5 Å². The molecule has 1 amide bonds. The van der Waals surface area contributed by atoms with Crippen molar-refractivity contribution in [2.45, 2.75) is 12.3 Å². The van der Waals surface area contributed by atoms with Gasteiger partial charge in [-0.3, -0.25) is 9.59 Å². The van der Waals surface area contributed by atoms with E-state index in [1.54, 1.807) is 30.3 Å². The molecule has 0 aliphatic heterocycles. The number of carboxylic acids is 1. The SMILES string of the molecule is NC[C@H](CC(=O)O)c1ccc(Cl)c(-c2cccc(C(N)=O)c2)c1. The first-order valence-electron chi connectivity index (χ1n) is 7.04. The fourth-order valence-corrected chi connectivity index (χ4v) is 2.63. The summed E-state index contributed by atoms with van der Waals surface area (Å²) >= 11 is 6.25. The average Bonchev–Trinajstić information content (AvgIpc) is 2.53. The Morgan fingerprint density at radius 2 is 1.91 bits per heavy atom. The second-order valence-electron chi connectivity index (χ2n) is 5.21. The summed E-state index contributed by atoms with van der Waals surface area (Å²) in [6.07, 6.45) is -0.0566. The number of carbonyl (C=O) groups excluding carboxylic acids is 1. The maximum absolute atomic E-state index is 11.3. The van der Waals surface area contributed by atoms with Crippen molar-refractivity contribution >= 4 is 23.5 Å². The van der Waals surface area contributed by atoms with Crippen molar-refractivity contribution in [3.05, 3.63) is 58.6 Å². The summed E-state index contributed by atoms with van der Waals surface area (Å²) in [5, 5.41) is 9.48. The number of amides is 1. The first-order chi connectivity index (χ1) is 10.9. The highest BCUT2D eigenvalue weighted by Crippen LogP contribution is 2.32. The van der Waals surface area contributed by atoms with Crippen LogP contribution >= 0.6 is 11.6 Å². The summed E-state index contributed by atoms with van der Waals surface area (Å²) < 4.78 is 0. The molecule has 0 aliphatic carbocycles. The maximum atomic E-state index is 11.3. The first-order valence-corrected chi connectivity index (χ1v) is 7.41. The number of carboxylic acid groups (broad SMARTS) is 1. The molecule has 0 unspecified atom stereocenters. The van der Waals surface area contributed by atoms with Gasteiger partial charge in [0.25, 0.3) is 0 Å². The maximum Gasteiger partial charge on any atom is 0.304 e. The van der Waals surface area contributed by atoms with Gasteiger partial charge >= 0.3 is 5.97 Å². The standard InChI is InChI=1S/C17H17ClN2O3/c18-15-5-4-10(13(9-19)8-16(21)22)7-14(15)11-2-1-3-12(6-11)17(20)23/h1-7,13H,8-9,19H2,(H2,20,23)(H,21,22)/t13-/m0/s1. The molecule has 0 radical (unpaired) electrons. The smallest absolute Gasteiger partial charge is 0.304 e.